The lowest BCUT2D eigenvalue weighted by Gasteiger charge is -2.31. The van der Waals surface area contributed by atoms with E-state index in [0.29, 0.717) is 12.0 Å². The molecule has 12 heavy (non-hydrogen) atoms. The van der Waals surface area contributed by atoms with E-state index in [0.717, 1.165) is 13.0 Å². The van der Waals surface area contributed by atoms with Crippen LogP contribution in [0, 0.1) is 5.92 Å². The lowest BCUT2D eigenvalue weighted by Crippen LogP contribution is -2.47. The highest BCUT2D eigenvalue weighted by Crippen LogP contribution is 2.23. The van der Waals surface area contributed by atoms with Crippen molar-refractivity contribution in [3.8, 4) is 0 Å². The molecule has 0 heterocycles. The minimum absolute atomic E-state index is 0.401. The number of hydrogen-bond donors (Lipinski definition) is 3. The summed E-state index contributed by atoms with van der Waals surface area (Å²) in [7, 11) is -0.401. The van der Waals surface area contributed by atoms with Crippen LogP contribution in [-0.4, -0.2) is 24.7 Å². The number of nitrogens with two attached hydrogens (primary N) is 1. The Kier molecular flexibility index (Phi) is 4.05. The summed E-state index contributed by atoms with van der Waals surface area (Å²) in [5.74, 6) is 0.563. The van der Waals surface area contributed by atoms with E-state index in [4.69, 9.17) is 10.8 Å². The number of hydrogen-bond acceptors (Lipinski definition) is 3. The molecule has 0 bridgehead atoms. The third-order valence-electron chi connectivity index (χ3n) is 2.67. The lowest BCUT2D eigenvalue weighted by molar-refractivity contribution is 0.289. The van der Waals surface area contributed by atoms with Crippen LogP contribution >= 0.6 is 0 Å². The van der Waals surface area contributed by atoms with Gasteiger partial charge in [-0.3, -0.25) is 0 Å². The monoisotopic (exact) mass is 170 g/mol. The van der Waals surface area contributed by atoms with Gasteiger partial charge in [0.15, 0.2) is 0 Å². The van der Waals surface area contributed by atoms with E-state index >= 15 is 0 Å². The van der Waals surface area contributed by atoms with Crippen molar-refractivity contribution in [1.29, 1.82) is 0 Å². The average Bonchev–Trinajstić information content (AvgIpc) is 2.04. The summed E-state index contributed by atoms with van der Waals surface area (Å²) in [5.41, 5.74) is 5.65. The average molecular weight is 170 g/mol. The molecule has 0 amide bonds. The fraction of sp³-hybridized carbons (Fsp3) is 1.00. The van der Waals surface area contributed by atoms with Gasteiger partial charge < -0.3 is 16.0 Å². The first-order valence-corrected chi connectivity index (χ1v) is 4.88. The summed E-state index contributed by atoms with van der Waals surface area (Å²) in [6.45, 7) is 2.51. The minimum atomic E-state index is -0.401. The third-order valence-corrected chi connectivity index (χ3v) is 2.67. The van der Waals surface area contributed by atoms with Gasteiger partial charge in [-0.05, 0) is 32.1 Å². The van der Waals surface area contributed by atoms with Crippen LogP contribution in [0.15, 0.2) is 0 Å². The van der Waals surface area contributed by atoms with Gasteiger partial charge in [-0.1, -0.05) is 12.8 Å². The zero-order valence-electron chi connectivity index (χ0n) is 7.79. The number of nitrogens with one attached hydrogen (secondary N) is 1. The summed E-state index contributed by atoms with van der Waals surface area (Å²) in [6, 6.07) is 0.434. The lowest BCUT2D eigenvalue weighted by atomic mass is 9.78. The molecule has 1 aliphatic rings. The highest BCUT2D eigenvalue weighted by molar-refractivity contribution is 6.45. The Morgan fingerprint density at radius 3 is 2.75 bits per heavy atom. The largest absolute Gasteiger partial charge is 0.437 e. The molecule has 4 N–H and O–H groups in total. The molecule has 1 fully saturated rings. The van der Waals surface area contributed by atoms with Crippen LogP contribution in [-0.2, 0) is 0 Å². The Balaban J connectivity index is 2.36. The van der Waals surface area contributed by atoms with Crippen molar-refractivity contribution >= 4 is 7.05 Å². The van der Waals surface area contributed by atoms with Crippen molar-refractivity contribution < 1.29 is 5.02 Å². The molecular formula is C8H19BN2O. The second-order valence-corrected chi connectivity index (χ2v) is 3.73. The highest BCUT2D eigenvalue weighted by Gasteiger charge is 2.24. The van der Waals surface area contributed by atoms with E-state index in [-0.39, 0.29) is 0 Å². The molecule has 1 saturated carbocycles. The molecule has 0 aromatic carbocycles. The predicted octanol–water partition coefficient (Wildman–Crippen LogP) is 0.204. The maximum atomic E-state index is 9.17. The van der Waals surface area contributed by atoms with Crippen LogP contribution in [0.3, 0.4) is 0 Å². The maximum Gasteiger partial charge on any atom is 0.373 e. The topological polar surface area (TPSA) is 58.3 Å². The second-order valence-electron chi connectivity index (χ2n) is 3.73. The maximum absolute atomic E-state index is 9.17. The zero-order chi connectivity index (χ0) is 8.97. The Bertz CT molecular complexity index is 132. The van der Waals surface area contributed by atoms with Crippen LogP contribution < -0.4 is 11.0 Å². The molecule has 1 rings (SSSR count). The second kappa shape index (κ2) is 4.85. The van der Waals surface area contributed by atoms with E-state index in [2.05, 4.69) is 5.23 Å². The van der Waals surface area contributed by atoms with Crippen molar-refractivity contribution in [2.45, 2.75) is 38.5 Å². The van der Waals surface area contributed by atoms with Gasteiger partial charge in [-0.2, -0.15) is 0 Å². The van der Waals surface area contributed by atoms with Gasteiger partial charge in [0.05, 0.1) is 0 Å². The molecule has 0 unspecified atom stereocenters. The van der Waals surface area contributed by atoms with Crippen molar-refractivity contribution in [3.63, 3.8) is 0 Å². The van der Waals surface area contributed by atoms with Crippen LogP contribution in [0.25, 0.3) is 0 Å². The fourth-order valence-corrected chi connectivity index (χ4v) is 2.02. The first-order chi connectivity index (χ1) is 5.74. The van der Waals surface area contributed by atoms with E-state index < -0.39 is 7.05 Å². The highest BCUT2D eigenvalue weighted by atomic mass is 16.2. The minimum Gasteiger partial charge on any atom is -0.437 e. The van der Waals surface area contributed by atoms with Gasteiger partial charge in [-0.25, -0.2) is 0 Å². The van der Waals surface area contributed by atoms with Crippen LogP contribution in [0.2, 0.25) is 6.82 Å². The molecule has 0 spiro atoms. The summed E-state index contributed by atoms with van der Waals surface area (Å²) in [5, 5.41) is 12.3. The molecule has 2 atom stereocenters. The van der Waals surface area contributed by atoms with Crippen molar-refractivity contribution in [3.05, 3.63) is 0 Å². The molecule has 0 aromatic heterocycles. The summed E-state index contributed by atoms with van der Waals surface area (Å²) in [6.07, 6.45) is 4.92. The normalized spacial score (nSPS) is 30.2. The molecule has 0 saturated heterocycles. The first-order valence-electron chi connectivity index (χ1n) is 4.88. The molecular weight excluding hydrogens is 151 g/mol. The van der Waals surface area contributed by atoms with Crippen molar-refractivity contribution in [1.82, 2.24) is 5.23 Å². The van der Waals surface area contributed by atoms with Gasteiger partial charge in [0.2, 0.25) is 0 Å². The fourth-order valence-electron chi connectivity index (χ4n) is 2.02. The summed E-state index contributed by atoms with van der Waals surface area (Å²) >= 11 is 0. The molecule has 4 heteroatoms. The van der Waals surface area contributed by atoms with Crippen LogP contribution in [0.5, 0.6) is 0 Å². The van der Waals surface area contributed by atoms with Gasteiger partial charge >= 0.3 is 7.05 Å². The Morgan fingerprint density at radius 2 is 2.17 bits per heavy atom. The number of rotatable bonds is 3. The van der Waals surface area contributed by atoms with E-state index in [1.54, 1.807) is 6.82 Å². The van der Waals surface area contributed by atoms with Crippen molar-refractivity contribution in [2.24, 2.45) is 11.7 Å². The Labute approximate surface area is 74.9 Å². The van der Waals surface area contributed by atoms with Crippen LogP contribution in [0.4, 0.5) is 0 Å². The van der Waals surface area contributed by atoms with Gasteiger partial charge in [0, 0.05) is 6.04 Å². The van der Waals surface area contributed by atoms with Gasteiger partial charge in [-0.15, -0.1) is 0 Å². The molecule has 0 aliphatic heterocycles. The van der Waals surface area contributed by atoms with Gasteiger partial charge in [0.25, 0.3) is 0 Å². The molecule has 3 nitrogen and oxygen atoms in total. The molecule has 1 aliphatic carbocycles. The molecule has 0 radical (unpaired) electrons. The molecule has 70 valence electrons. The van der Waals surface area contributed by atoms with E-state index in [1.807, 2.05) is 0 Å². The van der Waals surface area contributed by atoms with E-state index in [9.17, 15) is 0 Å². The first kappa shape index (κ1) is 10.0. The van der Waals surface area contributed by atoms with Crippen LogP contribution in [0.1, 0.15) is 25.7 Å². The Morgan fingerprint density at radius 1 is 1.50 bits per heavy atom. The summed E-state index contributed by atoms with van der Waals surface area (Å²) in [4.78, 5) is 0. The summed E-state index contributed by atoms with van der Waals surface area (Å²) < 4.78 is 0. The Hall–Kier alpha value is -0.0551. The molecule has 0 aromatic rings. The van der Waals surface area contributed by atoms with E-state index in [1.165, 1.54) is 19.3 Å². The standard InChI is InChI=1S/C8H19BN2O/c1-9(12)11-8-5-3-2-4-7(8)6-10/h7-8,11-12H,2-6,10H2,1H3/t7-,8+/m0/s1. The third kappa shape index (κ3) is 2.77. The zero-order valence-corrected chi connectivity index (χ0v) is 7.79. The smallest absolute Gasteiger partial charge is 0.373 e. The predicted molar refractivity (Wildman–Crippen MR) is 51.8 cm³/mol. The quantitative estimate of drug-likeness (QED) is 0.530. The SMILES string of the molecule is CB(O)N[C@@H]1CCCC[C@H]1CN. The van der Waals surface area contributed by atoms with Gasteiger partial charge in [0.1, 0.15) is 0 Å². The van der Waals surface area contributed by atoms with Crippen molar-refractivity contribution in [2.75, 3.05) is 6.54 Å².